The maximum Gasteiger partial charge on any atom is 0.338 e. The zero-order chi connectivity index (χ0) is 10.8. The summed E-state index contributed by atoms with van der Waals surface area (Å²) < 4.78 is 4.78. The first kappa shape index (κ1) is 10.7. The Balaban J connectivity index is 2.26. The van der Waals surface area contributed by atoms with Crippen molar-refractivity contribution in [2.45, 2.75) is 32.6 Å². The van der Waals surface area contributed by atoms with Crippen LogP contribution in [-0.4, -0.2) is 13.1 Å². The van der Waals surface area contributed by atoms with Crippen LogP contribution in [-0.2, 0) is 17.6 Å². The number of hydrogen-bond donors (Lipinski definition) is 0. The third-order valence-electron chi connectivity index (χ3n) is 3.24. The van der Waals surface area contributed by atoms with Gasteiger partial charge in [0.1, 0.15) is 0 Å². The summed E-state index contributed by atoms with van der Waals surface area (Å²) in [4.78, 5) is 12.9. The maximum atomic E-state index is 11.5. The Morgan fingerprint density at radius 1 is 1.67 bits per heavy atom. The highest BCUT2D eigenvalue weighted by Crippen LogP contribution is 2.34. The minimum Gasteiger partial charge on any atom is -0.465 e. The van der Waals surface area contributed by atoms with E-state index in [0.717, 1.165) is 24.3 Å². The zero-order valence-corrected chi connectivity index (χ0v) is 10.0. The minimum atomic E-state index is -0.178. The van der Waals surface area contributed by atoms with Crippen LogP contribution in [0.15, 0.2) is 5.38 Å². The lowest BCUT2D eigenvalue weighted by Crippen LogP contribution is -2.14. The molecule has 82 valence electrons. The first-order valence-electron chi connectivity index (χ1n) is 5.43. The number of ether oxygens (including phenoxy) is 1. The summed E-state index contributed by atoms with van der Waals surface area (Å²) in [6.45, 7) is 2.24. The number of esters is 1. The van der Waals surface area contributed by atoms with Crippen LogP contribution in [0.5, 0.6) is 0 Å². The van der Waals surface area contributed by atoms with Crippen LogP contribution < -0.4 is 0 Å². The first-order chi connectivity index (χ1) is 7.26. The summed E-state index contributed by atoms with van der Waals surface area (Å²) in [5, 5.41) is 1.95. The second-order valence-electron chi connectivity index (χ2n) is 4.06. The number of carbonyl (C=O) groups is 1. The third-order valence-corrected chi connectivity index (χ3v) is 4.29. The van der Waals surface area contributed by atoms with Crippen molar-refractivity contribution in [3.63, 3.8) is 0 Å². The van der Waals surface area contributed by atoms with E-state index in [0.29, 0.717) is 0 Å². The molecular formula is C12H16O2S. The topological polar surface area (TPSA) is 26.3 Å². The van der Waals surface area contributed by atoms with Gasteiger partial charge in [-0.2, -0.15) is 0 Å². The molecule has 15 heavy (non-hydrogen) atoms. The van der Waals surface area contributed by atoms with Crippen LogP contribution in [0, 0.1) is 5.92 Å². The molecule has 2 nitrogen and oxygen atoms in total. The normalized spacial score (nSPS) is 19.7. The zero-order valence-electron chi connectivity index (χ0n) is 9.21. The fourth-order valence-electron chi connectivity index (χ4n) is 2.21. The van der Waals surface area contributed by atoms with Crippen LogP contribution in [0.25, 0.3) is 0 Å². The minimum absolute atomic E-state index is 0.178. The summed E-state index contributed by atoms with van der Waals surface area (Å²) in [7, 11) is 1.45. The lowest BCUT2D eigenvalue weighted by atomic mass is 9.86. The Morgan fingerprint density at radius 3 is 3.13 bits per heavy atom. The van der Waals surface area contributed by atoms with Gasteiger partial charge in [-0.1, -0.05) is 13.3 Å². The number of rotatable bonds is 2. The van der Waals surface area contributed by atoms with E-state index in [2.05, 4.69) is 6.92 Å². The second kappa shape index (κ2) is 4.35. The number of carbonyl (C=O) groups excluding carboxylic acids is 1. The Labute approximate surface area is 94.3 Å². The van der Waals surface area contributed by atoms with Crippen LogP contribution in [0.4, 0.5) is 0 Å². The van der Waals surface area contributed by atoms with E-state index in [9.17, 15) is 4.79 Å². The predicted octanol–water partition coefficient (Wildman–Crippen LogP) is 3.05. The summed E-state index contributed by atoms with van der Waals surface area (Å²) in [6.07, 6.45) is 4.64. The van der Waals surface area contributed by atoms with Gasteiger partial charge in [-0.25, -0.2) is 4.79 Å². The fourth-order valence-corrected chi connectivity index (χ4v) is 3.40. The summed E-state index contributed by atoms with van der Waals surface area (Å²) >= 11 is 1.71. The largest absolute Gasteiger partial charge is 0.465 e. The van der Waals surface area contributed by atoms with Crippen molar-refractivity contribution >= 4 is 17.3 Å². The molecule has 1 aromatic heterocycles. The van der Waals surface area contributed by atoms with Gasteiger partial charge in [0.05, 0.1) is 12.7 Å². The molecule has 1 unspecified atom stereocenters. The molecule has 0 aromatic carbocycles. The molecule has 0 amide bonds. The molecule has 1 atom stereocenters. The van der Waals surface area contributed by atoms with Crippen LogP contribution in [0.3, 0.4) is 0 Å². The molecule has 0 saturated heterocycles. The van der Waals surface area contributed by atoms with Gasteiger partial charge in [-0.3, -0.25) is 0 Å². The molecule has 2 rings (SSSR count). The molecule has 0 fully saturated rings. The second-order valence-corrected chi connectivity index (χ2v) is 5.02. The van der Waals surface area contributed by atoms with Crippen molar-refractivity contribution < 1.29 is 9.53 Å². The van der Waals surface area contributed by atoms with Crippen LogP contribution >= 0.6 is 11.3 Å². The van der Waals surface area contributed by atoms with Crippen LogP contribution in [0.2, 0.25) is 0 Å². The molecule has 0 radical (unpaired) electrons. The van der Waals surface area contributed by atoms with E-state index < -0.39 is 0 Å². The predicted molar refractivity (Wildman–Crippen MR) is 61.5 cm³/mol. The van der Waals surface area contributed by atoms with Gasteiger partial charge in [-0.15, -0.1) is 11.3 Å². The Hall–Kier alpha value is -0.830. The summed E-state index contributed by atoms with van der Waals surface area (Å²) in [6, 6.07) is 0. The van der Waals surface area contributed by atoms with Gasteiger partial charge in [0.2, 0.25) is 0 Å². The SMILES string of the molecule is CCC1CCc2c(C(=O)OC)csc2C1. The van der Waals surface area contributed by atoms with Crippen molar-refractivity contribution in [3.05, 3.63) is 21.4 Å². The average Bonchev–Trinajstić information content (AvgIpc) is 2.70. The highest BCUT2D eigenvalue weighted by atomic mass is 32.1. The molecule has 0 bridgehead atoms. The summed E-state index contributed by atoms with van der Waals surface area (Å²) in [5.74, 6) is 0.629. The summed E-state index contributed by atoms with van der Waals surface area (Å²) in [5.41, 5.74) is 2.05. The highest BCUT2D eigenvalue weighted by molar-refractivity contribution is 7.10. The molecule has 0 aliphatic heterocycles. The van der Waals surface area contributed by atoms with E-state index in [4.69, 9.17) is 4.74 Å². The highest BCUT2D eigenvalue weighted by Gasteiger charge is 2.24. The van der Waals surface area contributed by atoms with Crippen molar-refractivity contribution in [2.24, 2.45) is 5.92 Å². The number of fused-ring (bicyclic) bond motifs is 1. The molecule has 1 aliphatic carbocycles. The molecule has 0 spiro atoms. The van der Waals surface area contributed by atoms with E-state index >= 15 is 0 Å². The fraction of sp³-hybridized carbons (Fsp3) is 0.583. The van der Waals surface area contributed by atoms with E-state index in [1.165, 1.54) is 30.4 Å². The molecule has 0 N–H and O–H groups in total. The van der Waals surface area contributed by atoms with Gasteiger partial charge < -0.3 is 4.74 Å². The molecular weight excluding hydrogens is 208 g/mol. The van der Waals surface area contributed by atoms with Crippen LogP contribution in [0.1, 0.15) is 40.6 Å². The average molecular weight is 224 g/mol. The lowest BCUT2D eigenvalue weighted by Gasteiger charge is -2.20. The lowest BCUT2D eigenvalue weighted by molar-refractivity contribution is 0.0599. The Morgan fingerprint density at radius 2 is 2.47 bits per heavy atom. The Kier molecular flexibility index (Phi) is 3.10. The van der Waals surface area contributed by atoms with Gasteiger partial charge >= 0.3 is 5.97 Å². The molecule has 0 saturated carbocycles. The van der Waals surface area contributed by atoms with Gasteiger partial charge in [-0.05, 0) is 30.7 Å². The number of methoxy groups -OCH3 is 1. The molecule has 3 heteroatoms. The Bertz CT molecular complexity index is 368. The number of thiophene rings is 1. The van der Waals surface area contributed by atoms with E-state index in [1.807, 2.05) is 5.38 Å². The van der Waals surface area contributed by atoms with Crippen molar-refractivity contribution in [1.82, 2.24) is 0 Å². The smallest absolute Gasteiger partial charge is 0.338 e. The number of hydrogen-bond acceptors (Lipinski definition) is 3. The van der Waals surface area contributed by atoms with Crippen molar-refractivity contribution in [3.8, 4) is 0 Å². The molecule has 1 heterocycles. The molecule has 1 aliphatic rings. The van der Waals surface area contributed by atoms with Crippen molar-refractivity contribution in [2.75, 3.05) is 7.11 Å². The van der Waals surface area contributed by atoms with Crippen molar-refractivity contribution in [1.29, 1.82) is 0 Å². The van der Waals surface area contributed by atoms with E-state index in [1.54, 1.807) is 11.3 Å². The monoisotopic (exact) mass is 224 g/mol. The van der Waals surface area contributed by atoms with E-state index in [-0.39, 0.29) is 5.97 Å². The standard InChI is InChI=1S/C12H16O2S/c1-3-8-4-5-9-10(12(13)14-2)7-15-11(9)6-8/h7-8H,3-6H2,1-2H3. The van der Waals surface area contributed by atoms with Gasteiger partial charge in [0, 0.05) is 10.3 Å². The third kappa shape index (κ3) is 1.93. The first-order valence-corrected chi connectivity index (χ1v) is 6.31. The van der Waals surface area contributed by atoms with Gasteiger partial charge in [0.15, 0.2) is 0 Å². The molecule has 1 aromatic rings. The van der Waals surface area contributed by atoms with Gasteiger partial charge in [0.25, 0.3) is 0 Å². The maximum absolute atomic E-state index is 11.5. The quantitative estimate of drug-likeness (QED) is 0.722.